The van der Waals surface area contributed by atoms with Gasteiger partial charge in [0.05, 0.1) is 4.58 Å². The first-order valence-corrected chi connectivity index (χ1v) is 7.03. The fourth-order valence-electron chi connectivity index (χ4n) is 1.41. The third-order valence-electron chi connectivity index (χ3n) is 2.17. The molecule has 1 unspecified atom stereocenters. The molecule has 1 saturated heterocycles. The third-order valence-corrected chi connectivity index (χ3v) is 5.01. The Morgan fingerprint density at radius 2 is 2.21 bits per heavy atom. The van der Waals surface area contributed by atoms with E-state index in [9.17, 15) is 0 Å². The molecule has 0 spiro atoms. The molecular weight excluding hydrogens is 210 g/mol. The van der Waals surface area contributed by atoms with Gasteiger partial charge in [-0.3, -0.25) is 0 Å². The molecule has 76 valence electrons. The topological polar surface area (TPSA) is 12.0 Å². The minimum absolute atomic E-state index is 0.740. The number of benzene rings is 1. The maximum Gasteiger partial charge on any atom is 0.0630 e. The van der Waals surface area contributed by atoms with Gasteiger partial charge in [0.25, 0.3) is 0 Å². The first-order chi connectivity index (χ1) is 6.95. The molecule has 14 heavy (non-hydrogen) atoms. The molecule has 1 nitrogen and oxygen atoms in total. The second-order valence-electron chi connectivity index (χ2n) is 3.30. The van der Waals surface area contributed by atoms with Crippen molar-refractivity contribution in [1.29, 1.82) is 0 Å². The number of hydrogen-bond donors (Lipinski definition) is 1. The van der Waals surface area contributed by atoms with Gasteiger partial charge in [0, 0.05) is 24.6 Å². The Labute approximate surface area is 94.0 Å². The van der Waals surface area contributed by atoms with Gasteiger partial charge in [0.2, 0.25) is 0 Å². The van der Waals surface area contributed by atoms with Crippen LogP contribution in [0.1, 0.15) is 5.56 Å². The Bertz CT molecular complexity index is 257. The van der Waals surface area contributed by atoms with E-state index < -0.39 is 0 Å². The van der Waals surface area contributed by atoms with Gasteiger partial charge in [-0.05, 0) is 5.56 Å². The van der Waals surface area contributed by atoms with E-state index in [4.69, 9.17) is 0 Å². The fraction of sp³-hybridized carbons (Fsp3) is 0.455. The van der Waals surface area contributed by atoms with Crippen molar-refractivity contribution >= 4 is 23.5 Å². The van der Waals surface area contributed by atoms with Crippen molar-refractivity contribution in [3.63, 3.8) is 0 Å². The van der Waals surface area contributed by atoms with Gasteiger partial charge in [-0.25, -0.2) is 0 Å². The minimum Gasteiger partial charge on any atom is -0.314 e. The van der Waals surface area contributed by atoms with Crippen LogP contribution in [0.25, 0.3) is 0 Å². The maximum atomic E-state index is 3.43. The molecule has 1 heterocycles. The van der Waals surface area contributed by atoms with E-state index in [1.165, 1.54) is 17.9 Å². The van der Waals surface area contributed by atoms with E-state index >= 15 is 0 Å². The summed E-state index contributed by atoms with van der Waals surface area (Å²) in [4.78, 5) is 0. The standard InChI is InChI=1S/C11H15NS2/c1-2-4-10(5-3-1)9-14-11-8-12-6-7-13-11/h1-5,11-12H,6-9H2. The molecule has 0 aliphatic carbocycles. The second kappa shape index (κ2) is 5.69. The van der Waals surface area contributed by atoms with Crippen LogP contribution in [0.3, 0.4) is 0 Å². The smallest absolute Gasteiger partial charge is 0.0630 e. The van der Waals surface area contributed by atoms with Crippen molar-refractivity contribution in [3.8, 4) is 0 Å². The number of thioether (sulfide) groups is 2. The normalized spacial score (nSPS) is 22.1. The van der Waals surface area contributed by atoms with Gasteiger partial charge >= 0.3 is 0 Å². The average Bonchev–Trinajstić information content (AvgIpc) is 2.29. The average molecular weight is 225 g/mol. The first-order valence-electron chi connectivity index (χ1n) is 4.93. The molecule has 3 heteroatoms. The zero-order valence-electron chi connectivity index (χ0n) is 8.11. The Kier molecular flexibility index (Phi) is 4.22. The van der Waals surface area contributed by atoms with E-state index in [1.807, 2.05) is 0 Å². The SMILES string of the molecule is c1ccc(CSC2CNCCS2)cc1. The van der Waals surface area contributed by atoms with Crippen LogP contribution < -0.4 is 5.32 Å². The van der Waals surface area contributed by atoms with Crippen molar-refractivity contribution in [1.82, 2.24) is 5.32 Å². The predicted molar refractivity (Wildman–Crippen MR) is 66.9 cm³/mol. The largest absolute Gasteiger partial charge is 0.314 e. The van der Waals surface area contributed by atoms with E-state index in [2.05, 4.69) is 59.2 Å². The molecule has 1 aromatic rings. The highest BCUT2D eigenvalue weighted by Crippen LogP contribution is 2.27. The highest BCUT2D eigenvalue weighted by atomic mass is 32.2. The van der Waals surface area contributed by atoms with Crippen LogP contribution in [0.4, 0.5) is 0 Å². The molecule has 0 aromatic heterocycles. The number of nitrogens with one attached hydrogen (secondary N) is 1. The summed E-state index contributed by atoms with van der Waals surface area (Å²) in [6.45, 7) is 2.33. The molecule has 0 radical (unpaired) electrons. The maximum absolute atomic E-state index is 3.43. The van der Waals surface area contributed by atoms with Crippen LogP contribution in [0, 0.1) is 0 Å². The molecule has 1 aromatic carbocycles. The van der Waals surface area contributed by atoms with Crippen LogP contribution >= 0.6 is 23.5 Å². The highest BCUT2D eigenvalue weighted by molar-refractivity contribution is 8.16. The van der Waals surface area contributed by atoms with Gasteiger partial charge in [0.1, 0.15) is 0 Å². The summed E-state index contributed by atoms with van der Waals surface area (Å²) in [7, 11) is 0. The lowest BCUT2D eigenvalue weighted by atomic mass is 10.2. The summed E-state index contributed by atoms with van der Waals surface area (Å²) in [5.41, 5.74) is 1.43. The fourth-order valence-corrected chi connectivity index (χ4v) is 3.86. The Balaban J connectivity index is 1.76. The molecule has 0 saturated carbocycles. The van der Waals surface area contributed by atoms with Crippen molar-refractivity contribution in [2.24, 2.45) is 0 Å². The van der Waals surface area contributed by atoms with Gasteiger partial charge in [0.15, 0.2) is 0 Å². The molecule has 0 amide bonds. The van der Waals surface area contributed by atoms with Crippen LogP contribution in [-0.2, 0) is 5.75 Å². The van der Waals surface area contributed by atoms with Gasteiger partial charge in [-0.2, -0.15) is 0 Å². The summed E-state index contributed by atoms with van der Waals surface area (Å²) in [6, 6.07) is 10.7. The molecule has 1 aliphatic heterocycles. The minimum atomic E-state index is 0.740. The Morgan fingerprint density at radius 3 is 2.93 bits per heavy atom. The van der Waals surface area contributed by atoms with E-state index in [0.717, 1.165) is 16.9 Å². The molecular formula is C11H15NS2. The monoisotopic (exact) mass is 225 g/mol. The van der Waals surface area contributed by atoms with Gasteiger partial charge in [-0.15, -0.1) is 23.5 Å². The highest BCUT2D eigenvalue weighted by Gasteiger charge is 2.13. The van der Waals surface area contributed by atoms with Crippen molar-refractivity contribution < 1.29 is 0 Å². The van der Waals surface area contributed by atoms with Crippen LogP contribution in [0.5, 0.6) is 0 Å². The molecule has 1 fully saturated rings. The Morgan fingerprint density at radius 1 is 1.36 bits per heavy atom. The van der Waals surface area contributed by atoms with Gasteiger partial charge < -0.3 is 5.32 Å². The lowest BCUT2D eigenvalue weighted by molar-refractivity contribution is 0.741. The molecule has 1 N–H and O–H groups in total. The number of hydrogen-bond acceptors (Lipinski definition) is 3. The lowest BCUT2D eigenvalue weighted by Crippen LogP contribution is -2.30. The summed E-state index contributed by atoms with van der Waals surface area (Å²) in [5.74, 6) is 2.40. The molecule has 2 rings (SSSR count). The Hall–Kier alpha value is -0.120. The van der Waals surface area contributed by atoms with Crippen molar-refractivity contribution in [2.75, 3.05) is 18.8 Å². The molecule has 0 bridgehead atoms. The zero-order chi connectivity index (χ0) is 9.64. The van der Waals surface area contributed by atoms with Gasteiger partial charge in [-0.1, -0.05) is 30.3 Å². The number of rotatable bonds is 3. The third kappa shape index (κ3) is 3.23. The predicted octanol–water partition coefficient (Wildman–Crippen LogP) is 2.58. The summed E-state index contributed by atoms with van der Waals surface area (Å²) in [5, 5.41) is 3.43. The first kappa shape index (κ1) is 10.4. The summed E-state index contributed by atoms with van der Waals surface area (Å²) in [6.07, 6.45) is 0. The molecule has 1 atom stereocenters. The van der Waals surface area contributed by atoms with Crippen LogP contribution in [0.2, 0.25) is 0 Å². The van der Waals surface area contributed by atoms with Crippen LogP contribution in [-0.4, -0.2) is 23.4 Å². The van der Waals surface area contributed by atoms with E-state index in [1.54, 1.807) is 0 Å². The van der Waals surface area contributed by atoms with Crippen LogP contribution in [0.15, 0.2) is 30.3 Å². The van der Waals surface area contributed by atoms with Crippen molar-refractivity contribution in [2.45, 2.75) is 10.3 Å². The zero-order valence-corrected chi connectivity index (χ0v) is 9.74. The van der Waals surface area contributed by atoms with E-state index in [0.29, 0.717) is 0 Å². The van der Waals surface area contributed by atoms with E-state index in [-0.39, 0.29) is 0 Å². The second-order valence-corrected chi connectivity index (χ2v) is 6.10. The summed E-state index contributed by atoms with van der Waals surface area (Å²) >= 11 is 4.13. The quantitative estimate of drug-likeness (QED) is 0.849. The summed E-state index contributed by atoms with van der Waals surface area (Å²) < 4.78 is 0.740. The molecule has 1 aliphatic rings. The van der Waals surface area contributed by atoms with Crippen molar-refractivity contribution in [3.05, 3.63) is 35.9 Å². The lowest BCUT2D eigenvalue weighted by Gasteiger charge is -2.21.